The van der Waals surface area contributed by atoms with Gasteiger partial charge in [-0.15, -0.1) is 61.9 Å². The van der Waals surface area contributed by atoms with Crippen LogP contribution in [-0.2, 0) is 30.7 Å². The SMILES string of the molecule is C1=CC2=C3C(=C4[CH-]CCCC4C2CC1)Cc1ccccc13.Cl.Cl.[C-]1=CC=CC1.[CH2-]c1ccccc1.[CH2-]c1ccccc1.[CH2]=[Zr]. The fraction of sp³-hybridized carbons (Fsp3) is 0.220. The molecule has 3 heteroatoms. The number of rotatable bonds is 0. The van der Waals surface area contributed by atoms with Crippen LogP contribution in [0.4, 0.5) is 0 Å². The van der Waals surface area contributed by atoms with Crippen LogP contribution in [0.15, 0.2) is 132 Å². The van der Waals surface area contributed by atoms with Gasteiger partial charge in [-0.05, 0) is 36.7 Å². The summed E-state index contributed by atoms with van der Waals surface area (Å²) in [4.78, 5) is 0. The second-order valence-corrected chi connectivity index (χ2v) is 10.9. The summed E-state index contributed by atoms with van der Waals surface area (Å²) in [5.74, 6) is 1.60. The Morgan fingerprint density at radius 2 is 1.41 bits per heavy atom. The van der Waals surface area contributed by atoms with E-state index in [1.807, 2.05) is 72.8 Å². The second kappa shape index (κ2) is 20.4. The molecule has 0 spiro atoms. The molecule has 0 nitrogen and oxygen atoms in total. The summed E-state index contributed by atoms with van der Waals surface area (Å²) in [6.45, 7) is 7.44. The van der Waals surface area contributed by atoms with Gasteiger partial charge in [0.1, 0.15) is 0 Å². The van der Waals surface area contributed by atoms with Crippen molar-refractivity contribution in [1.29, 1.82) is 0 Å². The maximum absolute atomic E-state index is 3.72. The summed E-state index contributed by atoms with van der Waals surface area (Å²) >= 11 is 1.30. The first-order valence-corrected chi connectivity index (χ1v) is 16.8. The zero-order chi connectivity index (χ0) is 29.6. The van der Waals surface area contributed by atoms with Gasteiger partial charge in [0.25, 0.3) is 0 Å². The van der Waals surface area contributed by atoms with Crippen molar-refractivity contribution in [1.82, 2.24) is 0 Å². The molecule has 8 rings (SSSR count). The molecular weight excluding hydrogens is 655 g/mol. The molecule has 0 saturated heterocycles. The van der Waals surface area contributed by atoms with E-state index in [4.69, 9.17) is 0 Å². The van der Waals surface area contributed by atoms with Gasteiger partial charge in [-0.2, -0.15) is 60.9 Å². The zero-order valence-electron chi connectivity index (χ0n) is 25.6. The van der Waals surface area contributed by atoms with Gasteiger partial charge in [0.2, 0.25) is 0 Å². The summed E-state index contributed by atoms with van der Waals surface area (Å²) < 4.78 is 3.34. The fourth-order valence-corrected chi connectivity index (χ4v) is 6.35. The molecule has 0 bridgehead atoms. The van der Waals surface area contributed by atoms with Crippen molar-refractivity contribution in [2.75, 3.05) is 0 Å². The Bertz CT molecular complexity index is 1380. The van der Waals surface area contributed by atoms with E-state index in [2.05, 4.69) is 73.0 Å². The van der Waals surface area contributed by atoms with Gasteiger partial charge in [0, 0.05) is 0 Å². The molecule has 1 saturated carbocycles. The Kier molecular flexibility index (Phi) is 17.3. The first-order chi connectivity index (χ1) is 20.7. The Morgan fingerprint density at radius 3 is 1.95 bits per heavy atom. The van der Waals surface area contributed by atoms with Gasteiger partial charge in [0.15, 0.2) is 0 Å². The van der Waals surface area contributed by atoms with Crippen molar-refractivity contribution in [2.45, 2.75) is 44.9 Å². The predicted octanol–water partition coefficient (Wildman–Crippen LogP) is 11.1. The van der Waals surface area contributed by atoms with Crippen molar-refractivity contribution in [3.8, 4) is 0 Å². The third kappa shape index (κ3) is 10.2. The first-order valence-electron chi connectivity index (χ1n) is 15.1. The van der Waals surface area contributed by atoms with E-state index in [0.29, 0.717) is 0 Å². The quantitative estimate of drug-likeness (QED) is 0.205. The summed E-state index contributed by atoms with van der Waals surface area (Å²) in [6.07, 6.45) is 25.3. The molecule has 0 aromatic heterocycles. The van der Waals surface area contributed by atoms with Crippen molar-refractivity contribution in [3.63, 3.8) is 0 Å². The third-order valence-electron chi connectivity index (χ3n) is 8.17. The van der Waals surface area contributed by atoms with E-state index in [1.54, 1.807) is 27.9 Å². The van der Waals surface area contributed by atoms with Gasteiger partial charge < -0.3 is 0 Å². The Balaban J connectivity index is 0.000000243. The molecular formula is C41H44Cl2Zr-4. The van der Waals surface area contributed by atoms with E-state index < -0.39 is 0 Å². The van der Waals surface area contributed by atoms with Gasteiger partial charge in [-0.25, -0.2) is 24.1 Å². The minimum atomic E-state index is 0. The number of halogens is 2. The van der Waals surface area contributed by atoms with E-state index in [0.717, 1.165) is 35.8 Å². The molecule has 0 N–H and O–H groups in total. The van der Waals surface area contributed by atoms with Crippen LogP contribution in [0.2, 0.25) is 0 Å². The molecule has 3 aromatic carbocycles. The van der Waals surface area contributed by atoms with E-state index in [9.17, 15) is 0 Å². The fourth-order valence-electron chi connectivity index (χ4n) is 6.35. The molecule has 0 radical (unpaired) electrons. The predicted molar refractivity (Wildman–Crippen MR) is 193 cm³/mol. The average Bonchev–Trinajstić information content (AvgIpc) is 3.76. The summed E-state index contributed by atoms with van der Waals surface area (Å²) in [5.41, 5.74) is 11.9. The van der Waals surface area contributed by atoms with Crippen molar-refractivity contribution in [2.24, 2.45) is 11.8 Å². The molecule has 0 aliphatic heterocycles. The van der Waals surface area contributed by atoms with Crippen LogP contribution in [0, 0.1) is 38.2 Å². The average molecular weight is 699 g/mol. The van der Waals surface area contributed by atoms with Crippen LogP contribution < -0.4 is 0 Å². The molecule has 0 heterocycles. The van der Waals surface area contributed by atoms with Crippen LogP contribution in [0.1, 0.15) is 60.8 Å². The van der Waals surface area contributed by atoms with Crippen LogP contribution in [-0.4, -0.2) is 4.21 Å². The summed E-state index contributed by atoms with van der Waals surface area (Å²) in [7, 11) is 0. The number of allylic oxidation sites excluding steroid dienone is 10. The molecule has 2 unspecified atom stereocenters. The maximum atomic E-state index is 3.72. The summed E-state index contributed by atoms with van der Waals surface area (Å²) in [6, 6.07) is 28.8. The van der Waals surface area contributed by atoms with Crippen LogP contribution in [0.5, 0.6) is 0 Å². The Hall–Kier alpha value is -2.70. The van der Waals surface area contributed by atoms with Gasteiger partial charge in [0.05, 0.1) is 0 Å². The van der Waals surface area contributed by atoms with E-state index in [1.165, 1.54) is 61.9 Å². The molecule has 3 aromatic rings. The van der Waals surface area contributed by atoms with E-state index >= 15 is 0 Å². The number of benzene rings is 3. The molecule has 2 atom stereocenters. The Morgan fingerprint density at radius 1 is 0.773 bits per heavy atom. The molecule has 5 aliphatic rings. The monoisotopic (exact) mass is 696 g/mol. The molecule has 1 fully saturated rings. The second-order valence-electron chi connectivity index (χ2n) is 10.9. The van der Waals surface area contributed by atoms with E-state index in [-0.39, 0.29) is 24.8 Å². The van der Waals surface area contributed by atoms with Crippen LogP contribution in [0.3, 0.4) is 0 Å². The van der Waals surface area contributed by atoms with Crippen molar-refractivity contribution < 1.29 is 24.2 Å². The topological polar surface area (TPSA) is 0 Å². The van der Waals surface area contributed by atoms with Gasteiger partial charge in [-0.1, -0.05) is 78.1 Å². The third-order valence-corrected chi connectivity index (χ3v) is 8.17. The molecule has 44 heavy (non-hydrogen) atoms. The van der Waals surface area contributed by atoms with Gasteiger partial charge in [-0.3, -0.25) is 6.08 Å². The Labute approximate surface area is 294 Å². The zero-order valence-corrected chi connectivity index (χ0v) is 29.7. The van der Waals surface area contributed by atoms with Gasteiger partial charge >= 0.3 is 28.4 Å². The van der Waals surface area contributed by atoms with Crippen molar-refractivity contribution in [3.05, 3.63) is 181 Å². The minimum absolute atomic E-state index is 0. The normalized spacial score (nSPS) is 18.9. The standard InChI is InChI=1S/C21H21.2C7H7.C5H5.CH2.2ClH.Zr/c1-2-8-15-14(7-1)13-20-18-11-4-3-9-16(18)17-10-5-6-12-19(17)21(15)20;2*1-7-5-3-2-4-6-7;1-2-4-5-3-1;;;;/h1-2,6-8,11-12,16-17H,3-5,9-10,13H2;2*2-6H,1H2;1-3H,4H2;1H2;2*1H;/q4*-1;;;;. The van der Waals surface area contributed by atoms with Crippen LogP contribution in [0.25, 0.3) is 5.57 Å². The molecule has 230 valence electrons. The van der Waals surface area contributed by atoms with Crippen molar-refractivity contribution >= 4 is 34.6 Å². The van der Waals surface area contributed by atoms with Crippen LogP contribution >= 0.6 is 24.8 Å². The number of hydrogen-bond donors (Lipinski definition) is 0. The number of hydrogen-bond acceptors (Lipinski definition) is 0. The number of fused-ring (bicyclic) bond motifs is 6. The first kappa shape index (κ1) is 37.5. The molecule has 5 aliphatic carbocycles. The summed E-state index contributed by atoms with van der Waals surface area (Å²) in [5, 5.41) is 0. The molecule has 0 amide bonds.